The first-order valence-corrected chi connectivity index (χ1v) is 7.55. The minimum atomic E-state index is -3.38. The molecule has 1 saturated carbocycles. The predicted octanol–water partition coefficient (Wildman–Crippen LogP) is 3.03. The van der Waals surface area contributed by atoms with E-state index in [1.165, 1.54) is 10.6 Å². The maximum Gasteiger partial charge on any atom is 0.798 e. The molecule has 0 aliphatic heterocycles. The molecule has 138 valence electrons. The zero-order chi connectivity index (χ0) is 18.8. The molecule has 1 aliphatic rings. The molecule has 1 aromatic carbocycles. The third-order valence-corrected chi connectivity index (χ3v) is 3.87. The number of carbonyl (C=O) groups excluding carboxylic acids is 1. The maximum absolute atomic E-state index is 12.6. The second-order valence-electron chi connectivity index (χ2n) is 5.50. The van der Waals surface area contributed by atoms with E-state index in [1.54, 1.807) is 0 Å². The summed E-state index contributed by atoms with van der Waals surface area (Å²) in [4.78, 5) is 24.4. The first-order valence-electron chi connectivity index (χ1n) is 7.55. The van der Waals surface area contributed by atoms with Crippen molar-refractivity contribution in [1.82, 2.24) is 4.57 Å². The van der Waals surface area contributed by atoms with Gasteiger partial charge >= 0.3 is 13.4 Å². The van der Waals surface area contributed by atoms with Gasteiger partial charge in [0.1, 0.15) is 5.56 Å². The molecule has 11 heteroatoms. The van der Waals surface area contributed by atoms with Gasteiger partial charge in [-0.05, 0) is 18.9 Å². The number of hydrogen-bond donors (Lipinski definition) is 0. The van der Waals surface area contributed by atoms with Gasteiger partial charge in [0.15, 0.2) is 11.5 Å². The largest absolute Gasteiger partial charge is 0.798 e. The molecule has 1 fully saturated rings. The van der Waals surface area contributed by atoms with E-state index in [1.807, 2.05) is 0 Å². The third kappa shape index (κ3) is 3.46. The van der Waals surface area contributed by atoms with Crippen molar-refractivity contribution < 1.29 is 36.3 Å². The lowest BCUT2D eigenvalue weighted by molar-refractivity contribution is 0.0693. The molecule has 6 nitrogen and oxygen atoms in total. The lowest BCUT2D eigenvalue weighted by Gasteiger charge is -2.15. The van der Waals surface area contributed by atoms with Gasteiger partial charge in [0.05, 0.1) is 10.9 Å². The number of alkyl halides is 2. The predicted molar refractivity (Wildman–Crippen MR) is 83.1 cm³/mol. The molecule has 0 atom stereocenters. The van der Waals surface area contributed by atoms with Crippen LogP contribution >= 0.6 is 0 Å². The van der Waals surface area contributed by atoms with E-state index in [4.69, 9.17) is 9.47 Å². The van der Waals surface area contributed by atoms with Crippen LogP contribution in [0.2, 0.25) is 0 Å². The minimum absolute atomic E-state index is 0.0672. The highest BCUT2D eigenvalue weighted by atomic mass is 19.2. The molecule has 0 unspecified atom stereocenters. The third-order valence-electron chi connectivity index (χ3n) is 3.87. The van der Waals surface area contributed by atoms with Crippen LogP contribution in [0, 0.1) is 0 Å². The Labute approximate surface area is 144 Å². The van der Waals surface area contributed by atoms with Crippen LogP contribution in [0.15, 0.2) is 23.1 Å². The lowest BCUT2D eigenvalue weighted by Crippen LogP contribution is -2.23. The van der Waals surface area contributed by atoms with Gasteiger partial charge in [-0.2, -0.15) is 0 Å². The van der Waals surface area contributed by atoms with Crippen molar-refractivity contribution in [1.29, 1.82) is 0 Å². The second kappa shape index (κ2) is 7.26. The summed E-state index contributed by atoms with van der Waals surface area (Å²) in [5.41, 5.74) is -1.20. The quantitative estimate of drug-likeness (QED) is 0.552. The van der Waals surface area contributed by atoms with E-state index >= 15 is 0 Å². The molecule has 0 N–H and O–H groups in total. The molecule has 2 aromatic rings. The normalized spacial score (nSPS) is 13.5. The number of hydrogen-bond acceptors (Lipinski definition) is 5. The number of fused-ring (bicyclic) bond motifs is 1. The van der Waals surface area contributed by atoms with Crippen molar-refractivity contribution in [3.63, 3.8) is 0 Å². The van der Waals surface area contributed by atoms with Gasteiger partial charge in [-0.15, -0.1) is 0 Å². The topological polar surface area (TPSA) is 66.8 Å². The highest BCUT2D eigenvalue weighted by Gasteiger charge is 2.30. The van der Waals surface area contributed by atoms with Crippen LogP contribution in [0.4, 0.5) is 17.4 Å². The van der Waals surface area contributed by atoms with Crippen LogP contribution in [0.3, 0.4) is 0 Å². The molecule has 1 aliphatic carbocycles. The van der Waals surface area contributed by atoms with E-state index in [9.17, 15) is 27.0 Å². The summed E-state index contributed by atoms with van der Waals surface area (Å²) < 4.78 is 64.6. The highest BCUT2D eigenvalue weighted by Crippen LogP contribution is 2.39. The average molecular weight is 373 g/mol. The number of nitrogens with zero attached hydrogens (tertiary/aromatic N) is 1. The molecule has 26 heavy (non-hydrogen) atoms. The molecule has 0 radical (unpaired) electrons. The van der Waals surface area contributed by atoms with Crippen LogP contribution in [0.1, 0.15) is 29.2 Å². The lowest BCUT2D eigenvalue weighted by atomic mass is 10.1. The smallest absolute Gasteiger partial charge is 0.474 e. The van der Waals surface area contributed by atoms with Crippen molar-refractivity contribution >= 4 is 24.3 Å². The standard InChI is InChI=1S/C15H12BF4NO5/c17-6-24-12-3-9-11(4-13(12)25-7-18)21(8-1-2-8)5-10(14(9)22)15(23)26-16(19)20/h3-5,8H,1-2,6-7H2. The SMILES string of the molecule is O=C(OB(F)F)c1cn(C2CC2)c2cc(OCF)c(OCF)cc2c1=O. The van der Waals surface area contributed by atoms with Crippen molar-refractivity contribution in [2.45, 2.75) is 18.9 Å². The van der Waals surface area contributed by atoms with Gasteiger partial charge in [0.2, 0.25) is 19.2 Å². The number of halogens is 4. The Kier molecular flexibility index (Phi) is 5.05. The fourth-order valence-electron chi connectivity index (χ4n) is 2.64. The summed E-state index contributed by atoms with van der Waals surface area (Å²) in [7, 11) is -3.38. The number of carbonyl (C=O) groups is 1. The van der Waals surface area contributed by atoms with Gasteiger partial charge in [0.25, 0.3) is 0 Å². The van der Waals surface area contributed by atoms with E-state index in [-0.39, 0.29) is 28.4 Å². The number of aromatic nitrogens is 1. The fraction of sp³-hybridized carbons (Fsp3) is 0.333. The van der Waals surface area contributed by atoms with Crippen molar-refractivity contribution in [2.75, 3.05) is 13.7 Å². The van der Waals surface area contributed by atoms with Crippen molar-refractivity contribution in [3.8, 4) is 11.5 Å². The summed E-state index contributed by atoms with van der Waals surface area (Å²) >= 11 is 0. The zero-order valence-electron chi connectivity index (χ0n) is 13.2. The average Bonchev–Trinajstić information content (AvgIpc) is 3.41. The van der Waals surface area contributed by atoms with Crippen LogP contribution in [-0.4, -0.2) is 31.7 Å². The minimum Gasteiger partial charge on any atom is -0.474 e. The van der Waals surface area contributed by atoms with E-state index in [2.05, 4.69) is 4.65 Å². The van der Waals surface area contributed by atoms with Crippen LogP contribution in [-0.2, 0) is 4.65 Å². The zero-order valence-corrected chi connectivity index (χ0v) is 13.2. The monoisotopic (exact) mass is 373 g/mol. The Morgan fingerprint density at radius 3 is 2.31 bits per heavy atom. The molecule has 0 bridgehead atoms. The Morgan fingerprint density at radius 2 is 1.77 bits per heavy atom. The van der Waals surface area contributed by atoms with Gasteiger partial charge in [-0.3, -0.25) is 4.79 Å². The molecular weight excluding hydrogens is 361 g/mol. The van der Waals surface area contributed by atoms with E-state index < -0.39 is 38.2 Å². The Hall–Kier alpha value is -2.72. The summed E-state index contributed by atoms with van der Waals surface area (Å²) in [6, 6.07) is 2.30. The first kappa shape index (κ1) is 18.1. The molecule has 0 amide bonds. The Balaban J connectivity index is 2.23. The summed E-state index contributed by atoms with van der Waals surface area (Å²) in [6.07, 6.45) is 2.61. The van der Waals surface area contributed by atoms with Gasteiger partial charge in [0, 0.05) is 18.3 Å². The fourth-order valence-corrected chi connectivity index (χ4v) is 2.64. The summed E-state index contributed by atoms with van der Waals surface area (Å²) in [6.45, 7) is -2.47. The Morgan fingerprint density at radius 1 is 1.15 bits per heavy atom. The molecule has 1 heterocycles. The van der Waals surface area contributed by atoms with Crippen molar-refractivity contribution in [3.05, 3.63) is 34.1 Å². The van der Waals surface area contributed by atoms with Gasteiger partial charge in [-0.1, -0.05) is 0 Å². The van der Waals surface area contributed by atoms with Gasteiger partial charge < -0.3 is 18.7 Å². The number of ether oxygens (including phenoxy) is 2. The second-order valence-corrected chi connectivity index (χ2v) is 5.50. The maximum atomic E-state index is 12.6. The molecule has 3 rings (SSSR count). The highest BCUT2D eigenvalue weighted by molar-refractivity contribution is 6.38. The van der Waals surface area contributed by atoms with Crippen LogP contribution < -0.4 is 14.9 Å². The van der Waals surface area contributed by atoms with E-state index in [0.717, 1.165) is 25.1 Å². The number of rotatable bonds is 7. The van der Waals surface area contributed by atoms with Crippen LogP contribution in [0.5, 0.6) is 11.5 Å². The first-order chi connectivity index (χ1) is 12.5. The molecule has 1 aromatic heterocycles. The van der Waals surface area contributed by atoms with E-state index in [0.29, 0.717) is 0 Å². The molecule has 0 spiro atoms. The Bertz CT molecular complexity index is 900. The summed E-state index contributed by atoms with van der Waals surface area (Å²) in [5, 5.41) is -0.0877. The molecular formula is C15H12BF4NO5. The number of pyridine rings is 1. The van der Waals surface area contributed by atoms with Gasteiger partial charge in [-0.25, -0.2) is 22.2 Å². The van der Waals surface area contributed by atoms with Crippen LogP contribution in [0.25, 0.3) is 10.9 Å². The summed E-state index contributed by atoms with van der Waals surface area (Å²) in [5.74, 6) is -1.86. The number of benzene rings is 1. The van der Waals surface area contributed by atoms with Crippen molar-refractivity contribution in [2.24, 2.45) is 0 Å². The molecule has 0 saturated heterocycles.